The van der Waals surface area contributed by atoms with Crippen molar-refractivity contribution in [2.75, 3.05) is 20.1 Å². The van der Waals surface area contributed by atoms with Gasteiger partial charge < -0.3 is 9.64 Å². The van der Waals surface area contributed by atoms with E-state index in [-0.39, 0.29) is 12.0 Å². The zero-order chi connectivity index (χ0) is 13.4. The van der Waals surface area contributed by atoms with Gasteiger partial charge in [0.05, 0.1) is 0 Å². The molecule has 0 bridgehead atoms. The van der Waals surface area contributed by atoms with Crippen molar-refractivity contribution in [2.45, 2.75) is 25.5 Å². The number of fused-ring (bicyclic) bond motifs is 1. The Morgan fingerprint density at radius 1 is 1.32 bits per heavy atom. The molecule has 2 aliphatic heterocycles. The summed E-state index contributed by atoms with van der Waals surface area (Å²) in [4.78, 5) is 13.7. The highest BCUT2D eigenvalue weighted by molar-refractivity contribution is 14.1. The highest BCUT2D eigenvalue weighted by Crippen LogP contribution is 2.27. The van der Waals surface area contributed by atoms with Gasteiger partial charge in [-0.2, -0.15) is 0 Å². The van der Waals surface area contributed by atoms with Gasteiger partial charge in [0, 0.05) is 55.1 Å². The molecule has 1 aromatic rings. The van der Waals surface area contributed by atoms with Gasteiger partial charge in [-0.05, 0) is 30.5 Å². The van der Waals surface area contributed by atoms with Gasteiger partial charge in [0.15, 0.2) is 0 Å². The molecule has 0 aliphatic carbocycles. The molecule has 0 atom stereocenters. The van der Waals surface area contributed by atoms with E-state index in [0.29, 0.717) is 6.54 Å². The van der Waals surface area contributed by atoms with Crippen LogP contribution < -0.4 is 4.74 Å². The van der Waals surface area contributed by atoms with Crippen molar-refractivity contribution >= 4 is 28.8 Å². The first-order valence-corrected chi connectivity index (χ1v) is 7.56. The lowest BCUT2D eigenvalue weighted by Crippen LogP contribution is -2.32. The van der Waals surface area contributed by atoms with Crippen LogP contribution in [0.15, 0.2) is 18.2 Å². The van der Waals surface area contributed by atoms with Crippen molar-refractivity contribution in [3.05, 3.63) is 29.3 Å². The molecule has 1 amide bonds. The first-order valence-electron chi connectivity index (χ1n) is 6.59. The van der Waals surface area contributed by atoms with E-state index in [0.717, 1.165) is 42.8 Å². The molecule has 0 N–H and O–H groups in total. The van der Waals surface area contributed by atoms with Gasteiger partial charge in [-0.3, -0.25) is 4.79 Å². The molecule has 2 heterocycles. The maximum absolute atomic E-state index is 11.9. The fraction of sp³-hybridized carbons (Fsp3) is 0.500. The van der Waals surface area contributed by atoms with E-state index < -0.39 is 0 Å². The highest BCUT2D eigenvalue weighted by Gasteiger charge is 2.25. The molecule has 2 aliphatic rings. The summed E-state index contributed by atoms with van der Waals surface area (Å²) in [6, 6.07) is 5.90. The van der Waals surface area contributed by atoms with Crippen LogP contribution in [0.25, 0.3) is 0 Å². The monoisotopic (exact) mass is 372 g/mol. The van der Waals surface area contributed by atoms with Crippen molar-refractivity contribution in [1.29, 1.82) is 0 Å². The Kier molecular flexibility index (Phi) is 3.66. The number of nitrogens with zero attached hydrogens (tertiary/aromatic N) is 2. The topological polar surface area (TPSA) is 32.8 Å². The number of piperidine rings is 1. The summed E-state index contributed by atoms with van der Waals surface area (Å²) in [5, 5.41) is 0. The zero-order valence-electron chi connectivity index (χ0n) is 10.9. The third-order valence-electron chi connectivity index (χ3n) is 3.76. The number of carbonyl (C=O) groups excluding carboxylic acids is 1. The third kappa shape index (κ3) is 2.72. The molecule has 0 unspecified atom stereocenters. The lowest BCUT2D eigenvalue weighted by Gasteiger charge is -2.28. The quantitative estimate of drug-likeness (QED) is 0.591. The van der Waals surface area contributed by atoms with Crippen molar-refractivity contribution in [3.63, 3.8) is 0 Å². The summed E-state index contributed by atoms with van der Waals surface area (Å²) < 4.78 is 8.30. The molecule has 1 saturated heterocycles. The molecule has 0 radical (unpaired) electrons. The van der Waals surface area contributed by atoms with Gasteiger partial charge >= 0.3 is 0 Å². The molecule has 0 saturated carbocycles. The van der Waals surface area contributed by atoms with Gasteiger partial charge in [-0.15, -0.1) is 0 Å². The maximum Gasteiger partial charge on any atom is 0.254 e. The SMILES string of the molecule is CN1Cc2ccc(OC3CCN(I)CC3)cc2C1=O. The normalized spacial score (nSPS) is 20.7. The zero-order valence-corrected chi connectivity index (χ0v) is 13.1. The van der Waals surface area contributed by atoms with Crippen LogP contribution in [0, 0.1) is 0 Å². The van der Waals surface area contributed by atoms with Crippen molar-refractivity contribution < 1.29 is 9.53 Å². The van der Waals surface area contributed by atoms with Crippen molar-refractivity contribution in [3.8, 4) is 5.75 Å². The summed E-state index contributed by atoms with van der Waals surface area (Å²) in [6.07, 6.45) is 2.38. The summed E-state index contributed by atoms with van der Waals surface area (Å²) in [5.41, 5.74) is 1.90. The number of amides is 1. The van der Waals surface area contributed by atoms with E-state index in [1.807, 2.05) is 25.2 Å². The van der Waals surface area contributed by atoms with Gasteiger partial charge in [0.1, 0.15) is 11.9 Å². The van der Waals surface area contributed by atoms with Crippen molar-refractivity contribution in [1.82, 2.24) is 8.01 Å². The molecule has 1 aromatic carbocycles. The lowest BCUT2D eigenvalue weighted by molar-refractivity contribution is 0.0815. The molecule has 3 rings (SSSR count). The Hall–Kier alpha value is -0.820. The van der Waals surface area contributed by atoms with E-state index in [1.54, 1.807) is 4.90 Å². The highest BCUT2D eigenvalue weighted by atomic mass is 127. The van der Waals surface area contributed by atoms with Crippen LogP contribution in [0.4, 0.5) is 0 Å². The third-order valence-corrected chi connectivity index (χ3v) is 4.72. The fourth-order valence-corrected chi connectivity index (χ4v) is 3.19. The minimum atomic E-state index is 0.0996. The Labute approximate surface area is 127 Å². The first kappa shape index (κ1) is 13.2. The lowest BCUT2D eigenvalue weighted by atomic mass is 10.1. The van der Waals surface area contributed by atoms with Gasteiger partial charge in [-0.1, -0.05) is 6.07 Å². The summed E-state index contributed by atoms with van der Waals surface area (Å²) in [5.74, 6) is 0.928. The first-order chi connectivity index (χ1) is 9.13. The number of rotatable bonds is 2. The van der Waals surface area contributed by atoms with E-state index >= 15 is 0 Å². The Morgan fingerprint density at radius 2 is 2.05 bits per heavy atom. The number of hydrogen-bond donors (Lipinski definition) is 0. The summed E-state index contributed by atoms with van der Waals surface area (Å²) >= 11 is 2.35. The molecule has 4 nitrogen and oxygen atoms in total. The fourth-order valence-electron chi connectivity index (χ4n) is 2.63. The van der Waals surface area contributed by atoms with Crippen molar-refractivity contribution in [2.24, 2.45) is 0 Å². The van der Waals surface area contributed by atoms with Crippen LogP contribution in [-0.4, -0.2) is 40.2 Å². The number of carbonyl (C=O) groups is 1. The standard InChI is InChI=1S/C14H17IN2O2/c1-16-9-10-2-3-12(8-13(10)14(16)18)19-11-4-6-17(15)7-5-11/h2-3,8,11H,4-7,9H2,1H3. The molecule has 1 fully saturated rings. The molecule has 5 heteroatoms. The molecular weight excluding hydrogens is 355 g/mol. The van der Waals surface area contributed by atoms with Gasteiger partial charge in [0.2, 0.25) is 0 Å². The van der Waals surface area contributed by atoms with Crippen LogP contribution in [0.2, 0.25) is 0 Å². The average molecular weight is 372 g/mol. The average Bonchev–Trinajstić information content (AvgIpc) is 2.69. The van der Waals surface area contributed by atoms with E-state index in [9.17, 15) is 4.79 Å². The minimum Gasteiger partial charge on any atom is -0.490 e. The molecule has 0 spiro atoms. The molecular formula is C14H17IN2O2. The van der Waals surface area contributed by atoms with Crippen LogP contribution >= 0.6 is 22.9 Å². The summed E-state index contributed by atoms with van der Waals surface area (Å²) in [7, 11) is 1.83. The predicted molar refractivity (Wildman–Crippen MR) is 81.5 cm³/mol. The van der Waals surface area contributed by atoms with Crippen LogP contribution in [0.3, 0.4) is 0 Å². The van der Waals surface area contributed by atoms with Crippen LogP contribution in [0.1, 0.15) is 28.8 Å². The second kappa shape index (κ2) is 5.28. The minimum absolute atomic E-state index is 0.0996. The Morgan fingerprint density at radius 3 is 2.79 bits per heavy atom. The number of halogens is 1. The molecule has 0 aromatic heterocycles. The van der Waals surface area contributed by atoms with E-state index in [1.165, 1.54) is 0 Å². The number of benzene rings is 1. The molecule has 102 valence electrons. The number of ether oxygens (including phenoxy) is 1. The van der Waals surface area contributed by atoms with E-state index in [2.05, 4.69) is 26.0 Å². The smallest absolute Gasteiger partial charge is 0.254 e. The van der Waals surface area contributed by atoms with Crippen LogP contribution in [0.5, 0.6) is 5.75 Å². The number of hydrogen-bond acceptors (Lipinski definition) is 3. The van der Waals surface area contributed by atoms with Gasteiger partial charge in [-0.25, -0.2) is 3.11 Å². The molecule has 19 heavy (non-hydrogen) atoms. The maximum atomic E-state index is 11.9. The van der Waals surface area contributed by atoms with Gasteiger partial charge in [0.25, 0.3) is 5.91 Å². The largest absolute Gasteiger partial charge is 0.490 e. The van der Waals surface area contributed by atoms with E-state index in [4.69, 9.17) is 4.74 Å². The Balaban J connectivity index is 1.71. The Bertz CT molecular complexity index is 498. The van der Waals surface area contributed by atoms with Crippen LogP contribution in [-0.2, 0) is 6.54 Å². The summed E-state index contributed by atoms with van der Waals surface area (Å²) in [6.45, 7) is 2.84. The predicted octanol–water partition coefficient (Wildman–Crippen LogP) is 2.47. The second-order valence-electron chi connectivity index (χ2n) is 5.21. The second-order valence-corrected chi connectivity index (χ2v) is 6.57.